The monoisotopic (exact) mass is 473 g/mol. The van der Waals surface area contributed by atoms with Crippen LogP contribution in [0.2, 0.25) is 0 Å². The summed E-state index contributed by atoms with van der Waals surface area (Å²) in [6.07, 6.45) is 3.41. The number of aromatic nitrogens is 2. The summed E-state index contributed by atoms with van der Waals surface area (Å²) < 4.78 is 11.5. The number of nitrogens with one attached hydrogen (secondary N) is 1. The van der Waals surface area contributed by atoms with Crippen molar-refractivity contribution in [2.24, 2.45) is 5.92 Å². The summed E-state index contributed by atoms with van der Waals surface area (Å²) in [5.41, 5.74) is 2.92. The molecule has 182 valence electrons. The number of ether oxygens (including phenoxy) is 2. The first-order valence-electron chi connectivity index (χ1n) is 12.1. The van der Waals surface area contributed by atoms with Crippen LogP contribution in [0.5, 0.6) is 11.5 Å². The number of piperidine rings is 1. The average molecular weight is 474 g/mol. The Bertz CT molecular complexity index is 1190. The van der Waals surface area contributed by atoms with Gasteiger partial charge in [-0.15, -0.1) is 0 Å². The van der Waals surface area contributed by atoms with Crippen molar-refractivity contribution in [3.63, 3.8) is 0 Å². The molecule has 2 aromatic carbocycles. The molecule has 1 N–H and O–H groups in total. The second-order valence-corrected chi connectivity index (χ2v) is 9.23. The summed E-state index contributed by atoms with van der Waals surface area (Å²) in [5.74, 6) is 2.65. The van der Waals surface area contributed by atoms with Crippen LogP contribution in [0.15, 0.2) is 54.7 Å². The number of carbonyl (C=O) groups is 1. The van der Waals surface area contributed by atoms with E-state index in [-0.39, 0.29) is 5.91 Å². The van der Waals surface area contributed by atoms with Crippen LogP contribution in [0.3, 0.4) is 0 Å². The van der Waals surface area contributed by atoms with Gasteiger partial charge in [0.1, 0.15) is 5.75 Å². The second kappa shape index (κ2) is 9.82. The molecule has 1 atom stereocenters. The molecule has 3 heterocycles. The molecule has 0 bridgehead atoms. The fourth-order valence-corrected chi connectivity index (χ4v) is 4.55. The first-order valence-corrected chi connectivity index (χ1v) is 12.1. The van der Waals surface area contributed by atoms with Gasteiger partial charge in [-0.2, -0.15) is 4.98 Å². The van der Waals surface area contributed by atoms with Crippen LogP contribution in [0.1, 0.15) is 32.3 Å². The van der Waals surface area contributed by atoms with Gasteiger partial charge in [0, 0.05) is 24.8 Å². The molecular formula is C27H31N5O3. The molecule has 1 amide bonds. The van der Waals surface area contributed by atoms with Gasteiger partial charge in [-0.3, -0.25) is 9.69 Å². The Kier molecular flexibility index (Phi) is 6.44. The third kappa shape index (κ3) is 4.87. The first kappa shape index (κ1) is 23.0. The number of fused-ring (bicyclic) bond motifs is 1. The molecule has 0 saturated carbocycles. The van der Waals surface area contributed by atoms with Crippen molar-refractivity contribution in [1.29, 1.82) is 0 Å². The molecule has 5 rings (SSSR count). The number of nitrogens with zero attached hydrogens (tertiary/aromatic N) is 4. The molecule has 1 saturated heterocycles. The molecule has 0 radical (unpaired) electrons. The lowest BCUT2D eigenvalue weighted by Crippen LogP contribution is -2.44. The van der Waals surface area contributed by atoms with E-state index >= 15 is 0 Å². The quantitative estimate of drug-likeness (QED) is 0.552. The summed E-state index contributed by atoms with van der Waals surface area (Å²) in [6, 6.07) is 16.0. The maximum Gasteiger partial charge on any atom is 0.269 e. The summed E-state index contributed by atoms with van der Waals surface area (Å²) >= 11 is 0. The van der Waals surface area contributed by atoms with Gasteiger partial charge in [-0.25, -0.2) is 4.98 Å². The molecule has 0 spiro atoms. The van der Waals surface area contributed by atoms with E-state index in [0.717, 1.165) is 35.9 Å². The molecule has 35 heavy (non-hydrogen) atoms. The van der Waals surface area contributed by atoms with Gasteiger partial charge >= 0.3 is 0 Å². The highest BCUT2D eigenvalue weighted by Crippen LogP contribution is 2.36. The fourth-order valence-electron chi connectivity index (χ4n) is 4.55. The molecule has 2 aliphatic rings. The zero-order chi connectivity index (χ0) is 24.4. The van der Waals surface area contributed by atoms with Crippen molar-refractivity contribution in [3.8, 4) is 11.5 Å². The van der Waals surface area contributed by atoms with E-state index in [1.54, 1.807) is 25.1 Å². The Hall–Kier alpha value is -3.81. The first-order chi connectivity index (χ1) is 17.0. The third-order valence-corrected chi connectivity index (χ3v) is 6.67. The third-order valence-electron chi connectivity index (χ3n) is 6.67. The second-order valence-electron chi connectivity index (χ2n) is 9.23. The number of hydrogen-bond acceptors (Lipinski definition) is 7. The smallest absolute Gasteiger partial charge is 0.269 e. The summed E-state index contributed by atoms with van der Waals surface area (Å²) in [5, 5.41) is 3.26. The number of rotatable bonds is 6. The standard InChI is InChI=1S/C27H31N5O3/c1-18-11-13-31(14-12-18)21-9-10-22(23(15-21)34-3)29-27-28-16-24-25(30-27)32(26(33)19(2)35-24)17-20-7-5-4-6-8-20/h4-10,15-16,18-19H,11-14,17H2,1-3H3,(H,28,29,30). The molecule has 0 aliphatic carbocycles. The van der Waals surface area contributed by atoms with Crippen molar-refractivity contribution in [3.05, 3.63) is 60.3 Å². The maximum absolute atomic E-state index is 13.0. The predicted molar refractivity (Wildman–Crippen MR) is 137 cm³/mol. The minimum atomic E-state index is -0.598. The Morgan fingerprint density at radius 3 is 2.63 bits per heavy atom. The molecule has 2 aliphatic heterocycles. The van der Waals surface area contributed by atoms with Crippen molar-refractivity contribution >= 4 is 29.0 Å². The highest BCUT2D eigenvalue weighted by atomic mass is 16.5. The summed E-state index contributed by atoms with van der Waals surface area (Å²) in [4.78, 5) is 26.1. The van der Waals surface area contributed by atoms with Crippen molar-refractivity contribution in [2.45, 2.75) is 39.3 Å². The average Bonchev–Trinajstić information content (AvgIpc) is 2.88. The minimum Gasteiger partial charge on any atom is -0.494 e. The Morgan fingerprint density at radius 2 is 1.89 bits per heavy atom. The van der Waals surface area contributed by atoms with Crippen molar-refractivity contribution < 1.29 is 14.3 Å². The van der Waals surface area contributed by atoms with E-state index in [1.165, 1.54) is 12.8 Å². The van der Waals surface area contributed by atoms with E-state index in [1.807, 2.05) is 42.5 Å². The van der Waals surface area contributed by atoms with Crippen LogP contribution in [0, 0.1) is 5.92 Å². The Labute approximate surface area is 205 Å². The van der Waals surface area contributed by atoms with Crippen molar-refractivity contribution in [1.82, 2.24) is 9.97 Å². The number of methoxy groups -OCH3 is 1. The Morgan fingerprint density at radius 1 is 1.11 bits per heavy atom. The van der Waals surface area contributed by atoms with E-state index in [4.69, 9.17) is 9.47 Å². The zero-order valence-electron chi connectivity index (χ0n) is 20.4. The molecule has 8 heteroatoms. The van der Waals surface area contributed by atoms with Gasteiger partial charge in [0.05, 0.1) is 25.5 Å². The lowest BCUT2D eigenvalue weighted by Gasteiger charge is -2.32. The molecule has 1 fully saturated rings. The molecular weight excluding hydrogens is 442 g/mol. The van der Waals surface area contributed by atoms with Gasteiger partial charge in [0.25, 0.3) is 5.91 Å². The summed E-state index contributed by atoms with van der Waals surface area (Å²) in [7, 11) is 1.66. The summed E-state index contributed by atoms with van der Waals surface area (Å²) in [6.45, 7) is 6.56. The van der Waals surface area contributed by atoms with Crippen molar-refractivity contribution in [2.75, 3.05) is 35.3 Å². The van der Waals surface area contributed by atoms with Gasteiger partial charge in [-0.05, 0) is 43.4 Å². The molecule has 3 aromatic rings. The maximum atomic E-state index is 13.0. The van der Waals surface area contributed by atoms with Gasteiger partial charge in [0.15, 0.2) is 17.7 Å². The number of hydrogen-bond donors (Lipinski definition) is 1. The topological polar surface area (TPSA) is 79.8 Å². The van der Waals surface area contributed by atoms with E-state index in [2.05, 4.69) is 33.2 Å². The lowest BCUT2D eigenvalue weighted by molar-refractivity contribution is -0.125. The van der Waals surface area contributed by atoms with Gasteiger partial charge in [-0.1, -0.05) is 37.3 Å². The van der Waals surface area contributed by atoms with E-state index < -0.39 is 6.10 Å². The van der Waals surface area contributed by atoms with Crippen LogP contribution in [0.25, 0.3) is 0 Å². The van der Waals surface area contributed by atoms with E-state index in [0.29, 0.717) is 29.8 Å². The fraction of sp³-hybridized carbons (Fsp3) is 0.370. The van der Waals surface area contributed by atoms with Gasteiger partial charge < -0.3 is 19.7 Å². The van der Waals surface area contributed by atoms with Gasteiger partial charge in [0.2, 0.25) is 5.95 Å². The highest BCUT2D eigenvalue weighted by molar-refractivity contribution is 5.98. The Balaban J connectivity index is 1.40. The van der Waals surface area contributed by atoms with Crippen LogP contribution in [0.4, 0.5) is 23.1 Å². The number of benzene rings is 2. The van der Waals surface area contributed by atoms with Crippen LogP contribution >= 0.6 is 0 Å². The van der Waals surface area contributed by atoms with Crippen LogP contribution in [-0.2, 0) is 11.3 Å². The zero-order valence-corrected chi connectivity index (χ0v) is 20.4. The normalized spacial score (nSPS) is 18.1. The molecule has 8 nitrogen and oxygen atoms in total. The highest BCUT2D eigenvalue weighted by Gasteiger charge is 2.33. The SMILES string of the molecule is COc1cc(N2CCC(C)CC2)ccc1Nc1ncc2c(n1)N(Cc1ccccc1)C(=O)C(C)O2. The molecule has 1 aromatic heterocycles. The van der Waals surface area contributed by atoms with Crippen LogP contribution in [-0.4, -0.2) is 42.2 Å². The number of amides is 1. The largest absolute Gasteiger partial charge is 0.494 e. The predicted octanol–water partition coefficient (Wildman–Crippen LogP) is 4.78. The molecule has 1 unspecified atom stereocenters. The number of carbonyl (C=O) groups excluding carboxylic acids is 1. The lowest BCUT2D eigenvalue weighted by atomic mass is 9.99. The number of anilines is 4. The van der Waals surface area contributed by atoms with E-state index in [9.17, 15) is 4.79 Å². The minimum absolute atomic E-state index is 0.135. The van der Waals surface area contributed by atoms with Crippen LogP contribution < -0.4 is 24.6 Å².